The molecule has 0 fully saturated rings. The Labute approximate surface area is 149 Å². The van der Waals surface area contributed by atoms with Gasteiger partial charge in [0.1, 0.15) is 5.75 Å². The van der Waals surface area contributed by atoms with Gasteiger partial charge in [-0.05, 0) is 54.1 Å². The molecule has 0 radical (unpaired) electrons. The molecule has 0 saturated heterocycles. The first-order valence-electron chi connectivity index (χ1n) is 8.21. The summed E-state index contributed by atoms with van der Waals surface area (Å²) >= 11 is 0. The lowest BCUT2D eigenvalue weighted by Crippen LogP contribution is -2.14. The fraction of sp³-hybridized carbons (Fsp3) is 0.100. The van der Waals surface area contributed by atoms with Gasteiger partial charge in [-0.2, -0.15) is 0 Å². The van der Waals surface area contributed by atoms with E-state index in [4.69, 9.17) is 9.15 Å². The standard InChI is InChI=1S/C20H16N2O4/c23-19(21-16-6-7-17-13(11-16)8-10-26-17)14-3-1-4-15(12-14)22-20(24)18-5-2-9-25-18/h1-7,9,11-12H,8,10H2,(H,21,23)(H,22,24). The number of ether oxygens (including phenoxy) is 1. The summed E-state index contributed by atoms with van der Waals surface area (Å²) in [5, 5.41) is 5.58. The monoisotopic (exact) mass is 348 g/mol. The van der Waals surface area contributed by atoms with Crippen LogP contribution >= 0.6 is 0 Å². The highest BCUT2D eigenvalue weighted by molar-refractivity contribution is 6.06. The number of anilines is 2. The predicted molar refractivity (Wildman–Crippen MR) is 96.7 cm³/mol. The van der Waals surface area contributed by atoms with Gasteiger partial charge in [0.2, 0.25) is 0 Å². The van der Waals surface area contributed by atoms with E-state index in [0.29, 0.717) is 23.5 Å². The van der Waals surface area contributed by atoms with E-state index in [0.717, 1.165) is 17.7 Å². The van der Waals surface area contributed by atoms with Crippen LogP contribution in [0.5, 0.6) is 5.75 Å². The summed E-state index contributed by atoms with van der Waals surface area (Å²) in [6.45, 7) is 0.671. The summed E-state index contributed by atoms with van der Waals surface area (Å²) in [5.74, 6) is 0.454. The Morgan fingerprint density at radius 2 is 1.73 bits per heavy atom. The van der Waals surface area contributed by atoms with E-state index in [1.54, 1.807) is 36.4 Å². The van der Waals surface area contributed by atoms with Gasteiger partial charge in [-0.25, -0.2) is 0 Å². The Bertz CT molecular complexity index is 964. The third kappa shape index (κ3) is 3.30. The molecule has 1 aliphatic heterocycles. The van der Waals surface area contributed by atoms with Gasteiger partial charge in [-0.15, -0.1) is 0 Å². The van der Waals surface area contributed by atoms with Crippen LogP contribution in [0.1, 0.15) is 26.5 Å². The van der Waals surface area contributed by atoms with Gasteiger partial charge < -0.3 is 19.8 Å². The Hall–Kier alpha value is -3.54. The smallest absolute Gasteiger partial charge is 0.291 e. The first kappa shape index (κ1) is 16.0. The van der Waals surface area contributed by atoms with Crippen LogP contribution in [0.15, 0.2) is 65.3 Å². The van der Waals surface area contributed by atoms with Gasteiger partial charge >= 0.3 is 0 Å². The minimum absolute atomic E-state index is 0.209. The molecule has 1 aromatic heterocycles. The number of fused-ring (bicyclic) bond motifs is 1. The van der Waals surface area contributed by atoms with Crippen molar-refractivity contribution < 1.29 is 18.7 Å². The van der Waals surface area contributed by atoms with Gasteiger partial charge in [-0.3, -0.25) is 9.59 Å². The molecule has 130 valence electrons. The van der Waals surface area contributed by atoms with Crippen LogP contribution in [0.4, 0.5) is 11.4 Å². The molecule has 26 heavy (non-hydrogen) atoms. The Kier molecular flexibility index (Phi) is 4.15. The molecule has 2 amide bonds. The summed E-state index contributed by atoms with van der Waals surface area (Å²) in [6.07, 6.45) is 2.27. The Morgan fingerprint density at radius 3 is 2.58 bits per heavy atom. The third-order valence-corrected chi connectivity index (χ3v) is 4.07. The molecule has 0 aliphatic carbocycles. The van der Waals surface area contributed by atoms with E-state index < -0.39 is 0 Å². The number of amides is 2. The zero-order chi connectivity index (χ0) is 17.9. The molecule has 0 atom stereocenters. The first-order chi connectivity index (χ1) is 12.7. The molecule has 4 rings (SSSR count). The van der Waals surface area contributed by atoms with Gasteiger partial charge in [0.05, 0.1) is 12.9 Å². The lowest BCUT2D eigenvalue weighted by Gasteiger charge is -2.09. The van der Waals surface area contributed by atoms with Gasteiger partial charge in [-0.1, -0.05) is 6.07 Å². The van der Waals surface area contributed by atoms with Crippen molar-refractivity contribution in [2.45, 2.75) is 6.42 Å². The molecule has 2 heterocycles. The molecular formula is C20H16N2O4. The number of nitrogens with one attached hydrogen (secondary N) is 2. The van der Waals surface area contributed by atoms with Crippen molar-refractivity contribution in [2.24, 2.45) is 0 Å². The highest BCUT2D eigenvalue weighted by Gasteiger charge is 2.14. The normalized spacial score (nSPS) is 12.2. The first-order valence-corrected chi connectivity index (χ1v) is 8.21. The van der Waals surface area contributed by atoms with Crippen LogP contribution in [0.2, 0.25) is 0 Å². The fourth-order valence-corrected chi connectivity index (χ4v) is 2.81. The average molecular weight is 348 g/mol. The number of carbonyl (C=O) groups excluding carboxylic acids is 2. The zero-order valence-corrected chi connectivity index (χ0v) is 13.8. The molecule has 0 spiro atoms. The Balaban J connectivity index is 1.47. The maximum atomic E-state index is 12.5. The molecule has 6 heteroatoms. The van der Waals surface area contributed by atoms with Crippen LogP contribution in [0.25, 0.3) is 0 Å². The second-order valence-corrected chi connectivity index (χ2v) is 5.89. The second kappa shape index (κ2) is 6.76. The number of benzene rings is 2. The van der Waals surface area contributed by atoms with Gasteiger partial charge in [0, 0.05) is 23.4 Å². The average Bonchev–Trinajstić information content (AvgIpc) is 3.33. The zero-order valence-electron chi connectivity index (χ0n) is 13.8. The van der Waals surface area contributed by atoms with E-state index in [1.165, 1.54) is 6.26 Å². The van der Waals surface area contributed by atoms with E-state index in [2.05, 4.69) is 10.6 Å². The van der Waals surface area contributed by atoms with Crippen molar-refractivity contribution in [2.75, 3.05) is 17.2 Å². The predicted octanol–water partition coefficient (Wildman–Crippen LogP) is 3.72. The van der Waals surface area contributed by atoms with Crippen LogP contribution < -0.4 is 15.4 Å². The quantitative estimate of drug-likeness (QED) is 0.753. The van der Waals surface area contributed by atoms with E-state index in [9.17, 15) is 9.59 Å². The third-order valence-electron chi connectivity index (χ3n) is 4.07. The molecular weight excluding hydrogens is 332 g/mol. The summed E-state index contributed by atoms with van der Waals surface area (Å²) in [6, 6.07) is 15.5. The van der Waals surface area contributed by atoms with E-state index in [-0.39, 0.29) is 17.6 Å². The lowest BCUT2D eigenvalue weighted by atomic mass is 10.1. The molecule has 0 unspecified atom stereocenters. The molecule has 0 bridgehead atoms. The molecule has 2 aromatic carbocycles. The van der Waals surface area contributed by atoms with Crippen LogP contribution in [-0.2, 0) is 6.42 Å². The second-order valence-electron chi connectivity index (χ2n) is 5.89. The molecule has 3 aromatic rings. The van der Waals surface area contributed by atoms with Crippen LogP contribution in [0, 0.1) is 0 Å². The van der Waals surface area contributed by atoms with Gasteiger partial charge in [0.15, 0.2) is 5.76 Å². The molecule has 6 nitrogen and oxygen atoms in total. The minimum Gasteiger partial charge on any atom is -0.493 e. The highest BCUT2D eigenvalue weighted by Crippen LogP contribution is 2.28. The number of carbonyl (C=O) groups is 2. The van der Waals surface area contributed by atoms with E-state index in [1.807, 2.05) is 18.2 Å². The van der Waals surface area contributed by atoms with Crippen molar-refractivity contribution >= 4 is 23.2 Å². The van der Waals surface area contributed by atoms with Crippen molar-refractivity contribution in [1.82, 2.24) is 0 Å². The summed E-state index contributed by atoms with van der Waals surface area (Å²) < 4.78 is 10.5. The van der Waals surface area contributed by atoms with Crippen molar-refractivity contribution in [3.05, 3.63) is 77.7 Å². The largest absolute Gasteiger partial charge is 0.493 e. The molecule has 1 aliphatic rings. The number of hydrogen-bond donors (Lipinski definition) is 2. The van der Waals surface area contributed by atoms with Crippen LogP contribution in [-0.4, -0.2) is 18.4 Å². The van der Waals surface area contributed by atoms with Crippen molar-refractivity contribution in [3.8, 4) is 5.75 Å². The van der Waals surface area contributed by atoms with Gasteiger partial charge in [0.25, 0.3) is 11.8 Å². The number of hydrogen-bond acceptors (Lipinski definition) is 4. The fourth-order valence-electron chi connectivity index (χ4n) is 2.81. The maximum Gasteiger partial charge on any atom is 0.291 e. The minimum atomic E-state index is -0.369. The van der Waals surface area contributed by atoms with Crippen molar-refractivity contribution in [3.63, 3.8) is 0 Å². The number of furan rings is 1. The summed E-state index contributed by atoms with van der Waals surface area (Å²) in [4.78, 5) is 24.5. The summed E-state index contributed by atoms with van der Waals surface area (Å²) in [7, 11) is 0. The van der Waals surface area contributed by atoms with Crippen LogP contribution in [0.3, 0.4) is 0 Å². The van der Waals surface area contributed by atoms with E-state index >= 15 is 0 Å². The molecule has 0 saturated carbocycles. The Morgan fingerprint density at radius 1 is 0.885 bits per heavy atom. The molecule has 2 N–H and O–H groups in total. The van der Waals surface area contributed by atoms with Crippen molar-refractivity contribution in [1.29, 1.82) is 0 Å². The topological polar surface area (TPSA) is 80.6 Å². The summed E-state index contributed by atoms with van der Waals surface area (Å²) in [5.41, 5.74) is 2.76. The number of rotatable bonds is 4. The SMILES string of the molecule is O=C(Nc1ccc2c(c1)CCO2)c1cccc(NC(=O)c2ccco2)c1. The lowest BCUT2D eigenvalue weighted by molar-refractivity contribution is 0.0993. The highest BCUT2D eigenvalue weighted by atomic mass is 16.5. The maximum absolute atomic E-state index is 12.5.